The Morgan fingerprint density at radius 1 is 1.21 bits per heavy atom. The van der Waals surface area contributed by atoms with E-state index in [1.807, 2.05) is 0 Å². The minimum absolute atomic E-state index is 0.0466. The number of nitrogens with one attached hydrogen (secondary N) is 2. The van der Waals surface area contributed by atoms with E-state index in [1.165, 1.54) is 19.2 Å². The van der Waals surface area contributed by atoms with Gasteiger partial charge in [-0.3, -0.25) is 9.59 Å². The zero-order valence-corrected chi connectivity index (χ0v) is 13.7. The van der Waals surface area contributed by atoms with Crippen LogP contribution in [0.3, 0.4) is 0 Å². The fourth-order valence-electron chi connectivity index (χ4n) is 2.04. The average molecular weight is 351 g/mol. The lowest BCUT2D eigenvalue weighted by atomic mass is 10.1. The molecule has 2 aromatic carbocycles. The van der Waals surface area contributed by atoms with E-state index in [2.05, 4.69) is 10.6 Å². The van der Waals surface area contributed by atoms with Crippen LogP contribution in [0.1, 0.15) is 15.9 Å². The van der Waals surface area contributed by atoms with E-state index in [4.69, 9.17) is 16.3 Å². The molecule has 2 amide bonds. The summed E-state index contributed by atoms with van der Waals surface area (Å²) >= 11 is 5.78. The van der Waals surface area contributed by atoms with Crippen LogP contribution in [-0.2, 0) is 16.1 Å². The molecule has 2 rings (SSSR count). The highest BCUT2D eigenvalue weighted by atomic mass is 35.5. The number of hydrogen-bond acceptors (Lipinski definition) is 3. The number of carbonyl (C=O) groups excluding carboxylic acids is 2. The predicted molar refractivity (Wildman–Crippen MR) is 89.5 cm³/mol. The maximum Gasteiger partial charge on any atom is 0.254 e. The van der Waals surface area contributed by atoms with Crippen LogP contribution in [0.2, 0.25) is 5.02 Å². The molecule has 0 heterocycles. The molecular formula is C17H16ClFN2O3. The minimum atomic E-state index is -0.641. The lowest BCUT2D eigenvalue weighted by Crippen LogP contribution is -2.24. The van der Waals surface area contributed by atoms with Crippen molar-refractivity contribution in [2.24, 2.45) is 0 Å². The minimum Gasteiger partial charge on any atom is -0.375 e. The van der Waals surface area contributed by atoms with Crippen molar-refractivity contribution in [3.63, 3.8) is 0 Å². The lowest BCUT2D eigenvalue weighted by Gasteiger charge is -2.09. The molecule has 0 atom stereocenters. The van der Waals surface area contributed by atoms with Crippen LogP contribution in [0.5, 0.6) is 0 Å². The molecule has 0 spiro atoms. The molecule has 2 aromatic rings. The number of halogens is 2. The lowest BCUT2D eigenvalue weighted by molar-refractivity contribution is -0.119. The molecule has 0 radical (unpaired) electrons. The van der Waals surface area contributed by atoms with Gasteiger partial charge in [-0.2, -0.15) is 0 Å². The van der Waals surface area contributed by atoms with Gasteiger partial charge in [0.25, 0.3) is 5.91 Å². The van der Waals surface area contributed by atoms with E-state index in [-0.39, 0.29) is 29.6 Å². The number of anilines is 1. The van der Waals surface area contributed by atoms with Crippen molar-refractivity contribution in [1.29, 1.82) is 0 Å². The smallest absolute Gasteiger partial charge is 0.254 e. The Bertz CT molecular complexity index is 752. The molecule has 0 saturated carbocycles. The highest BCUT2D eigenvalue weighted by Gasteiger charge is 2.12. The molecule has 7 heteroatoms. The van der Waals surface area contributed by atoms with Gasteiger partial charge in [0.2, 0.25) is 5.91 Å². The second-order valence-corrected chi connectivity index (χ2v) is 5.42. The molecule has 24 heavy (non-hydrogen) atoms. The van der Waals surface area contributed by atoms with Gasteiger partial charge >= 0.3 is 0 Å². The quantitative estimate of drug-likeness (QED) is 0.841. The normalized spacial score (nSPS) is 10.3. The third kappa shape index (κ3) is 5.04. The number of benzene rings is 2. The summed E-state index contributed by atoms with van der Waals surface area (Å²) in [4.78, 5) is 23.5. The SMILES string of the molecule is COCC(=O)Nc1cccc(CNC(=O)c2cc(Cl)ccc2F)c1. The summed E-state index contributed by atoms with van der Waals surface area (Å²) in [6.45, 7) is 0.133. The van der Waals surface area contributed by atoms with E-state index in [0.717, 1.165) is 11.6 Å². The average Bonchev–Trinajstić information content (AvgIpc) is 2.55. The van der Waals surface area contributed by atoms with Gasteiger partial charge in [-0.05, 0) is 35.9 Å². The van der Waals surface area contributed by atoms with Gasteiger partial charge in [-0.15, -0.1) is 0 Å². The molecular weight excluding hydrogens is 335 g/mol. The number of methoxy groups -OCH3 is 1. The maximum atomic E-state index is 13.6. The first-order valence-corrected chi connectivity index (χ1v) is 7.48. The molecule has 0 aromatic heterocycles. The van der Waals surface area contributed by atoms with Crippen molar-refractivity contribution in [2.45, 2.75) is 6.54 Å². The zero-order valence-electron chi connectivity index (χ0n) is 12.9. The van der Waals surface area contributed by atoms with Crippen molar-refractivity contribution < 1.29 is 18.7 Å². The fourth-order valence-corrected chi connectivity index (χ4v) is 2.21. The number of carbonyl (C=O) groups is 2. The Labute approximate surface area is 143 Å². The van der Waals surface area contributed by atoms with Crippen LogP contribution in [0.25, 0.3) is 0 Å². The van der Waals surface area contributed by atoms with E-state index in [0.29, 0.717) is 5.69 Å². The molecule has 2 N–H and O–H groups in total. The predicted octanol–water partition coefficient (Wildman–Crippen LogP) is 2.99. The van der Waals surface area contributed by atoms with E-state index in [1.54, 1.807) is 24.3 Å². The van der Waals surface area contributed by atoms with E-state index < -0.39 is 11.7 Å². The number of amides is 2. The Kier molecular flexibility index (Phi) is 6.28. The van der Waals surface area contributed by atoms with Crippen molar-refractivity contribution in [3.05, 3.63) is 64.4 Å². The monoisotopic (exact) mass is 350 g/mol. The molecule has 126 valence electrons. The van der Waals surface area contributed by atoms with Crippen molar-refractivity contribution >= 4 is 29.1 Å². The molecule has 0 bridgehead atoms. The van der Waals surface area contributed by atoms with Gasteiger partial charge in [0.1, 0.15) is 12.4 Å². The Morgan fingerprint density at radius 3 is 2.75 bits per heavy atom. The van der Waals surface area contributed by atoms with Crippen LogP contribution < -0.4 is 10.6 Å². The third-order valence-electron chi connectivity index (χ3n) is 3.11. The second-order valence-electron chi connectivity index (χ2n) is 4.99. The van der Waals surface area contributed by atoms with Crippen LogP contribution >= 0.6 is 11.6 Å². The molecule has 0 unspecified atom stereocenters. The molecule has 0 aliphatic carbocycles. The number of ether oxygens (including phenoxy) is 1. The third-order valence-corrected chi connectivity index (χ3v) is 3.35. The van der Waals surface area contributed by atoms with Gasteiger partial charge in [0.15, 0.2) is 0 Å². The van der Waals surface area contributed by atoms with Gasteiger partial charge in [-0.1, -0.05) is 23.7 Å². The van der Waals surface area contributed by atoms with E-state index >= 15 is 0 Å². The largest absolute Gasteiger partial charge is 0.375 e. The van der Waals surface area contributed by atoms with Crippen LogP contribution in [-0.4, -0.2) is 25.5 Å². The van der Waals surface area contributed by atoms with Crippen LogP contribution in [0.15, 0.2) is 42.5 Å². The standard InChI is InChI=1S/C17H16ClFN2O3/c1-24-10-16(22)21-13-4-2-3-11(7-13)9-20-17(23)14-8-12(18)5-6-15(14)19/h2-8H,9-10H2,1H3,(H,20,23)(H,21,22). The van der Waals surface area contributed by atoms with Crippen LogP contribution in [0, 0.1) is 5.82 Å². The fraction of sp³-hybridized carbons (Fsp3) is 0.176. The Hall–Kier alpha value is -2.44. The summed E-state index contributed by atoms with van der Waals surface area (Å²) in [7, 11) is 1.43. The first-order chi connectivity index (χ1) is 11.5. The van der Waals surface area contributed by atoms with Gasteiger partial charge in [0, 0.05) is 24.4 Å². The molecule has 5 nitrogen and oxygen atoms in total. The highest BCUT2D eigenvalue weighted by Crippen LogP contribution is 2.15. The summed E-state index contributed by atoms with van der Waals surface area (Å²) in [5.41, 5.74) is 1.21. The summed E-state index contributed by atoms with van der Waals surface area (Å²) < 4.78 is 18.4. The zero-order chi connectivity index (χ0) is 17.5. The number of hydrogen-bond donors (Lipinski definition) is 2. The van der Waals surface area contributed by atoms with Crippen LogP contribution in [0.4, 0.5) is 10.1 Å². The first kappa shape index (κ1) is 17.9. The summed E-state index contributed by atoms with van der Waals surface area (Å²) in [5, 5.41) is 5.56. The number of rotatable bonds is 6. The topological polar surface area (TPSA) is 67.4 Å². The Morgan fingerprint density at radius 2 is 2.00 bits per heavy atom. The summed E-state index contributed by atoms with van der Waals surface area (Å²) in [6, 6.07) is 10.7. The molecule has 0 aliphatic heterocycles. The van der Waals surface area contributed by atoms with E-state index in [9.17, 15) is 14.0 Å². The second kappa shape index (κ2) is 8.42. The summed E-state index contributed by atoms with van der Waals surface area (Å²) in [5.74, 6) is -1.49. The van der Waals surface area contributed by atoms with Crippen molar-refractivity contribution in [2.75, 3.05) is 19.0 Å². The molecule has 0 saturated heterocycles. The molecule has 0 aliphatic rings. The van der Waals surface area contributed by atoms with Crippen molar-refractivity contribution in [3.8, 4) is 0 Å². The van der Waals surface area contributed by atoms with Gasteiger partial charge in [-0.25, -0.2) is 4.39 Å². The highest BCUT2D eigenvalue weighted by molar-refractivity contribution is 6.31. The van der Waals surface area contributed by atoms with Gasteiger partial charge in [0.05, 0.1) is 5.56 Å². The first-order valence-electron chi connectivity index (χ1n) is 7.10. The Balaban J connectivity index is 2.00. The maximum absolute atomic E-state index is 13.6. The van der Waals surface area contributed by atoms with Crippen molar-refractivity contribution in [1.82, 2.24) is 5.32 Å². The van der Waals surface area contributed by atoms with Gasteiger partial charge < -0.3 is 15.4 Å². The summed E-state index contributed by atoms with van der Waals surface area (Å²) in [6.07, 6.45) is 0. The molecule has 0 fully saturated rings.